The highest BCUT2D eigenvalue weighted by atomic mass is 16.4. The summed E-state index contributed by atoms with van der Waals surface area (Å²) < 4.78 is 0. The topological polar surface area (TPSA) is 214 Å². The standard InChI is InChI=1S/C14H25N5O7/c1-6(2)11(14(25)26)19-12(23)7(3-9(16)21)18-13(24)8(5-20)17-10(22)4-15/h6-8,11,20H,3-5,15H2,1-2H3,(H2,16,21)(H,17,22)(H,18,24)(H,19,23)(H,25,26). The number of nitrogens with one attached hydrogen (secondary N) is 3. The molecule has 3 unspecified atom stereocenters. The largest absolute Gasteiger partial charge is 0.480 e. The molecule has 3 atom stereocenters. The first-order valence-corrected chi connectivity index (χ1v) is 7.75. The number of hydrogen-bond acceptors (Lipinski definition) is 7. The second-order valence-electron chi connectivity index (χ2n) is 5.81. The minimum Gasteiger partial charge on any atom is -0.480 e. The fourth-order valence-electron chi connectivity index (χ4n) is 1.90. The Balaban J connectivity index is 5.20. The van der Waals surface area contributed by atoms with Gasteiger partial charge in [0, 0.05) is 0 Å². The Labute approximate surface area is 149 Å². The number of aliphatic hydroxyl groups excluding tert-OH is 1. The van der Waals surface area contributed by atoms with Gasteiger partial charge >= 0.3 is 5.97 Å². The van der Waals surface area contributed by atoms with Gasteiger partial charge in [0.05, 0.1) is 19.6 Å². The van der Waals surface area contributed by atoms with E-state index in [1.165, 1.54) is 0 Å². The minimum absolute atomic E-state index is 0.427. The van der Waals surface area contributed by atoms with E-state index in [2.05, 4.69) is 16.0 Å². The number of amides is 4. The molecular weight excluding hydrogens is 350 g/mol. The van der Waals surface area contributed by atoms with Crippen LogP contribution in [0, 0.1) is 5.92 Å². The van der Waals surface area contributed by atoms with Gasteiger partial charge in [0.25, 0.3) is 0 Å². The van der Waals surface area contributed by atoms with Gasteiger partial charge in [-0.25, -0.2) is 4.79 Å². The molecule has 0 aromatic carbocycles. The number of hydrogen-bond donors (Lipinski definition) is 7. The Morgan fingerprint density at radius 3 is 1.88 bits per heavy atom. The quantitative estimate of drug-likeness (QED) is 0.188. The lowest BCUT2D eigenvalue weighted by Crippen LogP contribution is -2.58. The molecule has 0 spiro atoms. The average Bonchev–Trinajstić information content (AvgIpc) is 2.54. The molecule has 4 amide bonds. The van der Waals surface area contributed by atoms with Crippen LogP contribution in [0.1, 0.15) is 20.3 Å². The molecule has 0 heterocycles. The number of aliphatic hydroxyl groups is 1. The second-order valence-corrected chi connectivity index (χ2v) is 5.81. The summed E-state index contributed by atoms with van der Waals surface area (Å²) in [6, 6.07) is -4.14. The maximum Gasteiger partial charge on any atom is 0.326 e. The van der Waals surface area contributed by atoms with Crippen molar-refractivity contribution in [1.29, 1.82) is 0 Å². The molecule has 0 bridgehead atoms. The first-order chi connectivity index (χ1) is 12.0. The van der Waals surface area contributed by atoms with Crippen molar-refractivity contribution in [2.24, 2.45) is 17.4 Å². The van der Waals surface area contributed by atoms with Crippen LogP contribution >= 0.6 is 0 Å². The highest BCUT2D eigenvalue weighted by molar-refractivity contribution is 5.95. The SMILES string of the molecule is CC(C)C(NC(=O)C(CC(N)=O)NC(=O)C(CO)NC(=O)CN)C(=O)O. The molecule has 0 rings (SSSR count). The molecule has 12 nitrogen and oxygen atoms in total. The van der Waals surface area contributed by atoms with E-state index in [9.17, 15) is 29.1 Å². The van der Waals surface area contributed by atoms with Gasteiger partial charge in [-0.05, 0) is 5.92 Å². The summed E-state index contributed by atoms with van der Waals surface area (Å²) in [5, 5.41) is 24.8. The van der Waals surface area contributed by atoms with Crippen LogP contribution in [-0.2, 0) is 24.0 Å². The molecule has 0 aliphatic heterocycles. The van der Waals surface area contributed by atoms with Gasteiger partial charge in [0.2, 0.25) is 23.6 Å². The average molecular weight is 375 g/mol. The van der Waals surface area contributed by atoms with Gasteiger partial charge < -0.3 is 37.6 Å². The summed E-state index contributed by atoms with van der Waals surface area (Å²) in [6.07, 6.45) is -0.606. The van der Waals surface area contributed by atoms with Crippen molar-refractivity contribution in [2.45, 2.75) is 38.4 Å². The molecule has 26 heavy (non-hydrogen) atoms. The van der Waals surface area contributed by atoms with Crippen LogP contribution in [0.25, 0.3) is 0 Å². The first kappa shape index (κ1) is 23.3. The van der Waals surface area contributed by atoms with Gasteiger partial charge in [-0.2, -0.15) is 0 Å². The summed E-state index contributed by atoms with van der Waals surface area (Å²) in [5.74, 6) is -5.31. The predicted molar refractivity (Wildman–Crippen MR) is 88.2 cm³/mol. The van der Waals surface area contributed by atoms with Crippen molar-refractivity contribution < 1.29 is 34.2 Å². The van der Waals surface area contributed by atoms with Crippen LogP contribution in [0.2, 0.25) is 0 Å². The summed E-state index contributed by atoms with van der Waals surface area (Å²) in [4.78, 5) is 57.9. The molecule has 0 aromatic heterocycles. The van der Waals surface area contributed by atoms with Gasteiger partial charge in [-0.15, -0.1) is 0 Å². The van der Waals surface area contributed by atoms with Crippen molar-refractivity contribution in [2.75, 3.05) is 13.2 Å². The van der Waals surface area contributed by atoms with Crippen LogP contribution in [0.15, 0.2) is 0 Å². The summed E-state index contributed by atoms with van der Waals surface area (Å²) in [5.41, 5.74) is 10.1. The normalized spacial score (nSPS) is 14.0. The first-order valence-electron chi connectivity index (χ1n) is 7.75. The molecule has 0 radical (unpaired) electrons. The van der Waals surface area contributed by atoms with Gasteiger partial charge in [-0.3, -0.25) is 19.2 Å². The molecule has 0 saturated heterocycles. The highest BCUT2D eigenvalue weighted by Crippen LogP contribution is 2.03. The van der Waals surface area contributed by atoms with E-state index in [-0.39, 0.29) is 0 Å². The molecule has 9 N–H and O–H groups in total. The Kier molecular flexibility index (Phi) is 9.84. The van der Waals surface area contributed by atoms with Crippen molar-refractivity contribution in [3.8, 4) is 0 Å². The smallest absolute Gasteiger partial charge is 0.326 e. The fraction of sp³-hybridized carbons (Fsp3) is 0.643. The van der Waals surface area contributed by atoms with E-state index in [0.717, 1.165) is 0 Å². The lowest BCUT2D eigenvalue weighted by Gasteiger charge is -2.24. The number of rotatable bonds is 11. The van der Waals surface area contributed by atoms with E-state index in [1.54, 1.807) is 13.8 Å². The van der Waals surface area contributed by atoms with Crippen molar-refractivity contribution >= 4 is 29.6 Å². The van der Waals surface area contributed by atoms with Gasteiger partial charge in [0.1, 0.15) is 18.1 Å². The van der Waals surface area contributed by atoms with E-state index in [4.69, 9.17) is 16.6 Å². The van der Waals surface area contributed by atoms with Gasteiger partial charge in [0.15, 0.2) is 0 Å². The van der Waals surface area contributed by atoms with Crippen molar-refractivity contribution in [1.82, 2.24) is 16.0 Å². The Morgan fingerprint density at radius 2 is 1.50 bits per heavy atom. The lowest BCUT2D eigenvalue weighted by atomic mass is 10.0. The zero-order chi connectivity index (χ0) is 20.4. The number of nitrogens with two attached hydrogens (primary N) is 2. The summed E-state index contributed by atoms with van der Waals surface area (Å²) in [6.45, 7) is 1.91. The van der Waals surface area contributed by atoms with Crippen LogP contribution in [0.3, 0.4) is 0 Å². The maximum absolute atomic E-state index is 12.3. The van der Waals surface area contributed by atoms with Gasteiger partial charge in [-0.1, -0.05) is 13.8 Å². The van der Waals surface area contributed by atoms with Crippen LogP contribution in [0.5, 0.6) is 0 Å². The molecule has 0 aliphatic carbocycles. The zero-order valence-corrected chi connectivity index (χ0v) is 14.5. The summed E-state index contributed by atoms with van der Waals surface area (Å²) in [7, 11) is 0. The summed E-state index contributed by atoms with van der Waals surface area (Å²) >= 11 is 0. The van der Waals surface area contributed by atoms with E-state index < -0.39 is 73.2 Å². The third kappa shape index (κ3) is 7.90. The van der Waals surface area contributed by atoms with Crippen molar-refractivity contribution in [3.63, 3.8) is 0 Å². The Bertz CT molecular complexity index is 552. The third-order valence-electron chi connectivity index (χ3n) is 3.29. The molecule has 0 fully saturated rings. The monoisotopic (exact) mass is 375 g/mol. The second kappa shape index (κ2) is 11.0. The number of primary amides is 1. The predicted octanol–water partition coefficient (Wildman–Crippen LogP) is -3.99. The fourth-order valence-corrected chi connectivity index (χ4v) is 1.90. The number of carbonyl (C=O) groups excluding carboxylic acids is 4. The van der Waals surface area contributed by atoms with E-state index >= 15 is 0 Å². The molecule has 0 saturated carbocycles. The minimum atomic E-state index is -1.48. The molecule has 0 aliphatic rings. The van der Waals surface area contributed by atoms with Crippen LogP contribution in [0.4, 0.5) is 0 Å². The van der Waals surface area contributed by atoms with E-state index in [1.807, 2.05) is 0 Å². The Morgan fingerprint density at radius 1 is 0.962 bits per heavy atom. The molecule has 148 valence electrons. The number of aliphatic carboxylic acids is 1. The number of carboxylic acid groups (broad SMARTS) is 1. The third-order valence-corrected chi connectivity index (χ3v) is 3.29. The van der Waals surface area contributed by atoms with Crippen molar-refractivity contribution in [3.05, 3.63) is 0 Å². The molecule has 12 heteroatoms. The number of carboxylic acids is 1. The molecule has 0 aromatic rings. The maximum atomic E-state index is 12.3. The zero-order valence-electron chi connectivity index (χ0n) is 14.5. The van der Waals surface area contributed by atoms with Crippen LogP contribution in [-0.4, -0.2) is 71.1 Å². The number of carbonyl (C=O) groups is 5. The Hall–Kier alpha value is -2.73. The highest BCUT2D eigenvalue weighted by Gasteiger charge is 2.31. The molecular formula is C14H25N5O7. The van der Waals surface area contributed by atoms with Crippen LogP contribution < -0.4 is 27.4 Å². The lowest BCUT2D eigenvalue weighted by molar-refractivity contribution is -0.143. The van der Waals surface area contributed by atoms with E-state index in [0.29, 0.717) is 0 Å².